The quantitative estimate of drug-likeness (QED) is 0.550. The monoisotopic (exact) mass is 315 g/mol. The Morgan fingerprint density at radius 1 is 0.917 bits per heavy atom. The standard InChI is InChI=1S/C20H13NO3/c1-11(22)21-19-15-5-3-2-4-12(15)8-14-10-17-13(9-16(14)19)6-7-18(23)20(17)24/h2-10H,1H3,(H,21,22). The molecule has 0 spiro atoms. The SMILES string of the molecule is CC(=O)Nc1c2ccccc2cc2cc3c(cc12)C=CC(=O)C3=O. The smallest absolute Gasteiger partial charge is 0.233 e. The van der Waals surface area contributed by atoms with Crippen LogP contribution in [0.2, 0.25) is 0 Å². The lowest BCUT2D eigenvalue weighted by atomic mass is 9.90. The summed E-state index contributed by atoms with van der Waals surface area (Å²) in [4.78, 5) is 35.4. The highest BCUT2D eigenvalue weighted by Crippen LogP contribution is 2.35. The molecule has 1 aliphatic carbocycles. The Morgan fingerprint density at radius 3 is 2.50 bits per heavy atom. The topological polar surface area (TPSA) is 63.2 Å². The van der Waals surface area contributed by atoms with Gasteiger partial charge in [0.2, 0.25) is 17.5 Å². The molecule has 3 aromatic carbocycles. The molecule has 1 aliphatic rings. The maximum Gasteiger partial charge on any atom is 0.233 e. The Hall–Kier alpha value is -3.27. The van der Waals surface area contributed by atoms with Crippen molar-refractivity contribution in [3.63, 3.8) is 0 Å². The fraction of sp³-hybridized carbons (Fsp3) is 0.0500. The van der Waals surface area contributed by atoms with Crippen LogP contribution in [0.4, 0.5) is 5.69 Å². The molecule has 1 N–H and O–H groups in total. The number of amides is 1. The lowest BCUT2D eigenvalue weighted by Crippen LogP contribution is -2.16. The highest BCUT2D eigenvalue weighted by molar-refractivity contribution is 6.50. The minimum absolute atomic E-state index is 0.160. The van der Waals surface area contributed by atoms with Crippen molar-refractivity contribution in [1.29, 1.82) is 0 Å². The van der Waals surface area contributed by atoms with Crippen LogP contribution in [-0.2, 0) is 9.59 Å². The van der Waals surface area contributed by atoms with Crippen molar-refractivity contribution in [2.24, 2.45) is 0 Å². The maximum absolute atomic E-state index is 12.1. The zero-order valence-electron chi connectivity index (χ0n) is 12.9. The number of ketones is 2. The number of Topliss-reactive ketones (excluding diaryl/α,β-unsaturated/α-hetero) is 1. The van der Waals surface area contributed by atoms with Gasteiger partial charge >= 0.3 is 0 Å². The molecule has 3 aromatic rings. The van der Waals surface area contributed by atoms with Gasteiger partial charge in [0.15, 0.2) is 0 Å². The van der Waals surface area contributed by atoms with Gasteiger partial charge in [-0.15, -0.1) is 0 Å². The van der Waals surface area contributed by atoms with E-state index < -0.39 is 11.6 Å². The molecular weight excluding hydrogens is 302 g/mol. The number of benzene rings is 3. The zero-order valence-corrected chi connectivity index (χ0v) is 12.9. The summed E-state index contributed by atoms with van der Waals surface area (Å²) < 4.78 is 0. The molecule has 24 heavy (non-hydrogen) atoms. The van der Waals surface area contributed by atoms with Gasteiger partial charge in [-0.2, -0.15) is 0 Å². The third-order valence-corrected chi connectivity index (χ3v) is 4.22. The maximum atomic E-state index is 12.1. The van der Waals surface area contributed by atoms with Gasteiger partial charge in [-0.3, -0.25) is 14.4 Å². The molecule has 0 bridgehead atoms. The average Bonchev–Trinajstić information content (AvgIpc) is 2.57. The van der Waals surface area contributed by atoms with Crippen LogP contribution in [0.25, 0.3) is 27.6 Å². The fourth-order valence-corrected chi connectivity index (χ4v) is 3.15. The number of rotatable bonds is 1. The van der Waals surface area contributed by atoms with Crippen molar-refractivity contribution in [3.8, 4) is 0 Å². The van der Waals surface area contributed by atoms with E-state index in [4.69, 9.17) is 0 Å². The number of fused-ring (bicyclic) bond motifs is 3. The van der Waals surface area contributed by atoms with Gasteiger partial charge in [-0.1, -0.05) is 30.3 Å². The van der Waals surface area contributed by atoms with E-state index in [1.807, 2.05) is 36.4 Å². The van der Waals surface area contributed by atoms with E-state index in [1.54, 1.807) is 12.1 Å². The van der Waals surface area contributed by atoms with Gasteiger partial charge in [0.05, 0.1) is 5.69 Å². The van der Waals surface area contributed by atoms with Crippen molar-refractivity contribution in [2.45, 2.75) is 6.92 Å². The first-order valence-corrected chi connectivity index (χ1v) is 7.58. The molecule has 0 heterocycles. The van der Waals surface area contributed by atoms with Gasteiger partial charge in [0, 0.05) is 23.3 Å². The second-order valence-electron chi connectivity index (χ2n) is 5.84. The van der Waals surface area contributed by atoms with Crippen LogP contribution in [0.1, 0.15) is 22.8 Å². The summed E-state index contributed by atoms with van der Waals surface area (Å²) in [5.74, 6) is -1.17. The summed E-state index contributed by atoms with van der Waals surface area (Å²) in [6.07, 6.45) is 2.93. The van der Waals surface area contributed by atoms with Crippen LogP contribution in [0.3, 0.4) is 0 Å². The van der Waals surface area contributed by atoms with Crippen molar-refractivity contribution < 1.29 is 14.4 Å². The molecule has 0 aromatic heterocycles. The van der Waals surface area contributed by atoms with E-state index in [1.165, 1.54) is 13.0 Å². The van der Waals surface area contributed by atoms with Crippen molar-refractivity contribution >= 4 is 50.8 Å². The van der Waals surface area contributed by atoms with E-state index in [9.17, 15) is 14.4 Å². The van der Waals surface area contributed by atoms with E-state index >= 15 is 0 Å². The number of hydrogen-bond donors (Lipinski definition) is 1. The lowest BCUT2D eigenvalue weighted by Gasteiger charge is -2.15. The van der Waals surface area contributed by atoms with Crippen molar-refractivity contribution in [1.82, 2.24) is 0 Å². The molecule has 4 heteroatoms. The van der Waals surface area contributed by atoms with Gasteiger partial charge in [-0.25, -0.2) is 0 Å². The van der Waals surface area contributed by atoms with Crippen LogP contribution < -0.4 is 5.32 Å². The second kappa shape index (κ2) is 5.13. The first-order chi connectivity index (χ1) is 11.5. The Balaban J connectivity index is 2.12. The Labute approximate surface area is 137 Å². The van der Waals surface area contributed by atoms with Crippen molar-refractivity contribution in [2.75, 3.05) is 5.32 Å². The fourth-order valence-electron chi connectivity index (χ4n) is 3.15. The average molecular weight is 315 g/mol. The lowest BCUT2D eigenvalue weighted by molar-refractivity contribution is -0.114. The number of allylic oxidation sites excluding steroid dienone is 1. The largest absolute Gasteiger partial charge is 0.325 e. The number of anilines is 1. The Morgan fingerprint density at radius 2 is 1.71 bits per heavy atom. The molecule has 4 nitrogen and oxygen atoms in total. The minimum atomic E-state index is -0.510. The molecule has 0 radical (unpaired) electrons. The molecule has 4 rings (SSSR count). The predicted octanol–water partition coefficient (Wildman–Crippen LogP) is 3.73. The van der Waals surface area contributed by atoms with Crippen LogP contribution in [0.5, 0.6) is 0 Å². The zero-order chi connectivity index (χ0) is 16.8. The van der Waals surface area contributed by atoms with Gasteiger partial charge in [0.1, 0.15) is 0 Å². The van der Waals surface area contributed by atoms with Gasteiger partial charge in [0.25, 0.3) is 0 Å². The first kappa shape index (κ1) is 14.3. The summed E-state index contributed by atoms with van der Waals surface area (Å²) in [6, 6.07) is 13.3. The number of carbonyl (C=O) groups is 3. The second-order valence-corrected chi connectivity index (χ2v) is 5.84. The van der Waals surface area contributed by atoms with E-state index in [2.05, 4.69) is 5.32 Å². The summed E-state index contributed by atoms with van der Waals surface area (Å²) in [5.41, 5.74) is 1.81. The number of carbonyl (C=O) groups excluding carboxylic acids is 3. The van der Waals surface area contributed by atoms with Crippen LogP contribution in [0.15, 0.2) is 48.5 Å². The predicted molar refractivity (Wildman–Crippen MR) is 94.1 cm³/mol. The van der Waals surface area contributed by atoms with E-state index in [-0.39, 0.29) is 5.91 Å². The molecular formula is C20H13NO3. The molecule has 0 atom stereocenters. The Kier molecular flexibility index (Phi) is 3.06. The summed E-state index contributed by atoms with van der Waals surface area (Å²) in [7, 11) is 0. The summed E-state index contributed by atoms with van der Waals surface area (Å²) in [6.45, 7) is 1.47. The van der Waals surface area contributed by atoms with Crippen LogP contribution in [0, 0.1) is 0 Å². The summed E-state index contributed by atoms with van der Waals surface area (Å²) in [5, 5.41) is 6.45. The highest BCUT2D eigenvalue weighted by Gasteiger charge is 2.22. The van der Waals surface area contributed by atoms with Gasteiger partial charge < -0.3 is 5.32 Å². The molecule has 0 unspecified atom stereocenters. The van der Waals surface area contributed by atoms with E-state index in [0.29, 0.717) is 11.1 Å². The number of nitrogens with one attached hydrogen (secondary N) is 1. The molecule has 0 saturated carbocycles. The minimum Gasteiger partial charge on any atom is -0.325 e. The van der Waals surface area contributed by atoms with Crippen LogP contribution >= 0.6 is 0 Å². The third-order valence-electron chi connectivity index (χ3n) is 4.22. The van der Waals surface area contributed by atoms with E-state index in [0.717, 1.165) is 27.2 Å². The highest BCUT2D eigenvalue weighted by atomic mass is 16.2. The normalized spacial score (nSPS) is 13.4. The summed E-state index contributed by atoms with van der Waals surface area (Å²) >= 11 is 0. The first-order valence-electron chi connectivity index (χ1n) is 7.58. The number of hydrogen-bond acceptors (Lipinski definition) is 3. The third kappa shape index (κ3) is 2.12. The molecule has 116 valence electrons. The molecule has 0 aliphatic heterocycles. The van der Waals surface area contributed by atoms with Crippen LogP contribution in [-0.4, -0.2) is 17.5 Å². The molecule has 0 saturated heterocycles. The van der Waals surface area contributed by atoms with Gasteiger partial charge in [-0.05, 0) is 40.6 Å². The molecule has 0 fully saturated rings. The molecule has 1 amide bonds. The van der Waals surface area contributed by atoms with Crippen molar-refractivity contribution in [3.05, 3.63) is 59.7 Å². The Bertz CT molecular complexity index is 1090.